The number of aromatic nitrogens is 3. The normalized spacial score (nSPS) is 11.0. The first-order valence-electron chi connectivity index (χ1n) is 7.63. The Morgan fingerprint density at radius 1 is 1.12 bits per heavy atom. The second-order valence-electron chi connectivity index (χ2n) is 5.48. The summed E-state index contributed by atoms with van der Waals surface area (Å²) < 4.78 is 20.9. The third-order valence-electron chi connectivity index (χ3n) is 4.00. The van der Waals surface area contributed by atoms with Crippen LogP contribution in [0.25, 0.3) is 28.2 Å². The van der Waals surface area contributed by atoms with Gasteiger partial charge in [0.15, 0.2) is 0 Å². The zero-order chi connectivity index (χ0) is 17.4. The molecule has 0 saturated carbocycles. The highest BCUT2D eigenvalue weighted by atomic mass is 19.1. The molecule has 0 atom stereocenters. The highest BCUT2D eigenvalue weighted by Gasteiger charge is 2.19. The Balaban J connectivity index is 2.04. The molecule has 0 fully saturated rings. The summed E-state index contributed by atoms with van der Waals surface area (Å²) in [5.41, 5.74) is 2.47. The number of aromatic hydroxyl groups is 1. The predicted molar refractivity (Wildman–Crippen MR) is 92.0 cm³/mol. The number of halogens is 1. The van der Waals surface area contributed by atoms with E-state index in [0.29, 0.717) is 22.8 Å². The van der Waals surface area contributed by atoms with Gasteiger partial charge in [-0.15, -0.1) is 0 Å². The third kappa shape index (κ3) is 2.48. The minimum Gasteiger partial charge on any atom is -0.507 e. The topological polar surface area (TPSA) is 59.7 Å². The number of methoxy groups -OCH3 is 1. The van der Waals surface area contributed by atoms with Crippen molar-refractivity contribution < 1.29 is 14.2 Å². The van der Waals surface area contributed by atoms with E-state index in [9.17, 15) is 9.50 Å². The molecular formula is C19H14FN3O2. The Labute approximate surface area is 143 Å². The van der Waals surface area contributed by atoms with E-state index >= 15 is 0 Å². The molecule has 124 valence electrons. The predicted octanol–water partition coefficient (Wildman–Crippen LogP) is 3.92. The lowest BCUT2D eigenvalue weighted by Gasteiger charge is -2.05. The third-order valence-corrected chi connectivity index (χ3v) is 4.00. The van der Waals surface area contributed by atoms with Crippen molar-refractivity contribution in [1.29, 1.82) is 0 Å². The van der Waals surface area contributed by atoms with Gasteiger partial charge in [-0.1, -0.05) is 6.07 Å². The summed E-state index contributed by atoms with van der Waals surface area (Å²) in [7, 11) is 1.58. The van der Waals surface area contributed by atoms with Crippen molar-refractivity contribution >= 4 is 5.52 Å². The summed E-state index contributed by atoms with van der Waals surface area (Å²) >= 11 is 0. The number of phenols is 1. The van der Waals surface area contributed by atoms with Gasteiger partial charge in [0.2, 0.25) is 0 Å². The number of hydrogen-bond acceptors (Lipinski definition) is 4. The van der Waals surface area contributed by atoms with E-state index in [1.807, 2.05) is 24.4 Å². The number of benzene rings is 1. The first-order valence-corrected chi connectivity index (χ1v) is 7.63. The second kappa shape index (κ2) is 5.90. The molecule has 5 nitrogen and oxygen atoms in total. The van der Waals surface area contributed by atoms with Crippen LogP contribution in [0.4, 0.5) is 4.39 Å². The molecule has 4 aromatic rings. The molecule has 0 spiro atoms. The van der Waals surface area contributed by atoms with E-state index in [2.05, 4.69) is 9.97 Å². The Morgan fingerprint density at radius 3 is 2.84 bits per heavy atom. The first kappa shape index (κ1) is 15.1. The zero-order valence-electron chi connectivity index (χ0n) is 13.3. The van der Waals surface area contributed by atoms with Crippen molar-refractivity contribution in [2.45, 2.75) is 0 Å². The maximum absolute atomic E-state index is 13.7. The molecular weight excluding hydrogens is 321 g/mol. The maximum atomic E-state index is 13.7. The SMILES string of the molecule is COc1ccncc1-c1nc(-c2cc(F)ccc2O)n2ccccc12. The number of rotatable bonds is 3. The minimum atomic E-state index is -0.444. The number of fused-ring (bicyclic) bond motifs is 1. The average Bonchev–Trinajstić information content (AvgIpc) is 3.03. The zero-order valence-corrected chi connectivity index (χ0v) is 13.3. The average molecular weight is 335 g/mol. The molecule has 0 saturated heterocycles. The van der Waals surface area contributed by atoms with Crippen LogP contribution in [-0.2, 0) is 0 Å². The first-order chi connectivity index (χ1) is 12.2. The molecule has 0 bridgehead atoms. The van der Waals surface area contributed by atoms with E-state index < -0.39 is 5.82 Å². The summed E-state index contributed by atoms with van der Waals surface area (Å²) in [5.74, 6) is 0.588. The van der Waals surface area contributed by atoms with Gasteiger partial charge >= 0.3 is 0 Å². The largest absolute Gasteiger partial charge is 0.507 e. The molecule has 0 amide bonds. The van der Waals surface area contributed by atoms with Crippen LogP contribution >= 0.6 is 0 Å². The number of phenolic OH excluding ortho intramolecular Hbond substituents is 1. The monoisotopic (exact) mass is 335 g/mol. The fourth-order valence-corrected chi connectivity index (χ4v) is 2.85. The van der Waals surface area contributed by atoms with Crippen LogP contribution in [0.15, 0.2) is 61.1 Å². The molecule has 25 heavy (non-hydrogen) atoms. The van der Waals surface area contributed by atoms with E-state index in [1.165, 1.54) is 18.2 Å². The molecule has 0 unspecified atom stereocenters. The van der Waals surface area contributed by atoms with Crippen molar-refractivity contribution in [1.82, 2.24) is 14.4 Å². The van der Waals surface area contributed by atoms with Crippen LogP contribution in [0.3, 0.4) is 0 Å². The summed E-state index contributed by atoms with van der Waals surface area (Å²) in [5, 5.41) is 10.2. The Bertz CT molecular complexity index is 1080. The smallest absolute Gasteiger partial charge is 0.149 e. The number of imidazole rings is 1. The van der Waals surface area contributed by atoms with Gasteiger partial charge in [0.25, 0.3) is 0 Å². The van der Waals surface area contributed by atoms with Gasteiger partial charge in [0.05, 0.1) is 23.8 Å². The summed E-state index contributed by atoms with van der Waals surface area (Å²) in [6, 6.07) is 11.2. The van der Waals surface area contributed by atoms with Crippen molar-refractivity contribution in [3.63, 3.8) is 0 Å². The van der Waals surface area contributed by atoms with Gasteiger partial charge in [-0.2, -0.15) is 0 Å². The van der Waals surface area contributed by atoms with Crippen LogP contribution in [0.1, 0.15) is 0 Å². The summed E-state index contributed by atoms with van der Waals surface area (Å²) in [4.78, 5) is 8.81. The lowest BCUT2D eigenvalue weighted by Crippen LogP contribution is -1.90. The minimum absolute atomic E-state index is 0.0399. The molecule has 0 aliphatic carbocycles. The Hall–Kier alpha value is -3.41. The van der Waals surface area contributed by atoms with Crippen LogP contribution < -0.4 is 4.74 Å². The molecule has 3 heterocycles. The highest BCUT2D eigenvalue weighted by Crippen LogP contribution is 2.36. The van der Waals surface area contributed by atoms with Crippen molar-refractivity contribution in [3.8, 4) is 34.1 Å². The summed E-state index contributed by atoms with van der Waals surface area (Å²) in [6.07, 6.45) is 5.12. The fourth-order valence-electron chi connectivity index (χ4n) is 2.85. The molecule has 3 aromatic heterocycles. The van der Waals surface area contributed by atoms with E-state index in [1.54, 1.807) is 30.0 Å². The van der Waals surface area contributed by atoms with E-state index in [-0.39, 0.29) is 5.75 Å². The van der Waals surface area contributed by atoms with Gasteiger partial charge in [-0.3, -0.25) is 9.38 Å². The lowest BCUT2D eigenvalue weighted by molar-refractivity contribution is 0.416. The van der Waals surface area contributed by atoms with Crippen LogP contribution in [0.2, 0.25) is 0 Å². The Morgan fingerprint density at radius 2 is 2.00 bits per heavy atom. The molecule has 0 aliphatic rings. The summed E-state index contributed by atoms with van der Waals surface area (Å²) in [6.45, 7) is 0. The van der Waals surface area contributed by atoms with Gasteiger partial charge in [-0.25, -0.2) is 9.37 Å². The molecule has 1 aromatic carbocycles. The quantitative estimate of drug-likeness (QED) is 0.616. The number of ether oxygens (including phenoxy) is 1. The number of nitrogens with zero attached hydrogens (tertiary/aromatic N) is 3. The standard InChI is InChI=1S/C19H14FN3O2/c1-25-17-7-8-21-11-14(17)18-15-4-2-3-9-23(15)19(22-18)13-10-12(20)5-6-16(13)24/h2-11,24H,1H3. The maximum Gasteiger partial charge on any atom is 0.149 e. The number of hydrogen-bond donors (Lipinski definition) is 1. The van der Waals surface area contributed by atoms with E-state index in [0.717, 1.165) is 11.1 Å². The lowest BCUT2D eigenvalue weighted by atomic mass is 10.1. The highest BCUT2D eigenvalue weighted by molar-refractivity contribution is 5.84. The van der Waals surface area contributed by atoms with Gasteiger partial charge in [0, 0.05) is 18.6 Å². The molecule has 0 aliphatic heterocycles. The van der Waals surface area contributed by atoms with Crippen molar-refractivity contribution in [3.05, 3.63) is 66.9 Å². The van der Waals surface area contributed by atoms with Gasteiger partial charge in [0.1, 0.15) is 28.8 Å². The number of pyridine rings is 2. The fraction of sp³-hybridized carbons (Fsp3) is 0.0526. The van der Waals surface area contributed by atoms with Crippen LogP contribution in [0.5, 0.6) is 11.5 Å². The molecule has 1 N–H and O–H groups in total. The molecule has 0 radical (unpaired) electrons. The molecule has 6 heteroatoms. The van der Waals surface area contributed by atoms with Crippen molar-refractivity contribution in [2.24, 2.45) is 0 Å². The van der Waals surface area contributed by atoms with Crippen LogP contribution in [0, 0.1) is 5.82 Å². The van der Waals surface area contributed by atoms with Gasteiger partial charge in [-0.05, 0) is 36.4 Å². The van der Waals surface area contributed by atoms with Crippen molar-refractivity contribution in [2.75, 3.05) is 7.11 Å². The van der Waals surface area contributed by atoms with Crippen LogP contribution in [-0.4, -0.2) is 26.6 Å². The second-order valence-corrected chi connectivity index (χ2v) is 5.48. The molecule has 4 rings (SSSR count). The van der Waals surface area contributed by atoms with Gasteiger partial charge < -0.3 is 9.84 Å². The van der Waals surface area contributed by atoms with E-state index in [4.69, 9.17) is 4.74 Å². The Kier molecular flexibility index (Phi) is 3.57.